The predicted octanol–water partition coefficient (Wildman–Crippen LogP) is 2.61. The van der Waals surface area contributed by atoms with Gasteiger partial charge in [0.25, 0.3) is 0 Å². The van der Waals surface area contributed by atoms with Crippen molar-refractivity contribution in [3.63, 3.8) is 0 Å². The van der Waals surface area contributed by atoms with Gasteiger partial charge in [-0.05, 0) is 54.1 Å². The molecule has 118 valence electrons. The third-order valence-electron chi connectivity index (χ3n) is 3.19. The van der Waals surface area contributed by atoms with Crippen LogP contribution in [0.15, 0.2) is 59.5 Å². The van der Waals surface area contributed by atoms with Gasteiger partial charge in [-0.3, -0.25) is 5.10 Å². The van der Waals surface area contributed by atoms with Gasteiger partial charge in [-0.2, -0.15) is 5.10 Å². The average molecular weight is 332 g/mol. The van der Waals surface area contributed by atoms with Crippen LogP contribution in [0.2, 0.25) is 0 Å². The van der Waals surface area contributed by atoms with Gasteiger partial charge in [-0.15, -0.1) is 0 Å². The molecule has 0 atom stereocenters. The van der Waals surface area contributed by atoms with Crippen molar-refractivity contribution in [3.05, 3.63) is 60.4 Å². The third-order valence-corrected chi connectivity index (χ3v) is 4.12. The molecule has 0 amide bonds. The van der Waals surface area contributed by atoms with Crippen molar-refractivity contribution in [2.45, 2.75) is 4.90 Å². The number of hydrogen-bond acceptors (Lipinski definition) is 4. The van der Waals surface area contributed by atoms with E-state index in [1.807, 2.05) is 0 Å². The molecule has 4 N–H and O–H groups in total. The first-order valence-electron chi connectivity index (χ1n) is 6.63. The van der Waals surface area contributed by atoms with Gasteiger partial charge in [0.15, 0.2) is 5.82 Å². The lowest BCUT2D eigenvalue weighted by Crippen LogP contribution is -2.11. The van der Waals surface area contributed by atoms with Crippen LogP contribution in [-0.4, -0.2) is 18.6 Å². The standard InChI is InChI=1S/C15H13FN4O2S/c16-11-3-1-10(2-4-11)14-9-15(20-19-14)18-12-5-7-13(8-6-12)23(17,21)22/h1-9H,(H2,17,21,22)(H2,18,19,20). The van der Waals surface area contributed by atoms with Crippen molar-refractivity contribution >= 4 is 21.5 Å². The number of halogens is 1. The number of nitrogens with zero attached hydrogens (tertiary/aromatic N) is 1. The number of rotatable bonds is 4. The van der Waals surface area contributed by atoms with E-state index in [1.54, 1.807) is 30.3 Å². The number of sulfonamides is 1. The van der Waals surface area contributed by atoms with Gasteiger partial charge in [-0.25, -0.2) is 17.9 Å². The first-order valence-corrected chi connectivity index (χ1v) is 8.18. The lowest BCUT2D eigenvalue weighted by Gasteiger charge is -2.03. The van der Waals surface area contributed by atoms with Crippen molar-refractivity contribution < 1.29 is 12.8 Å². The molecule has 0 bridgehead atoms. The number of benzene rings is 2. The van der Waals surface area contributed by atoms with Gasteiger partial charge in [0.05, 0.1) is 10.6 Å². The molecule has 3 rings (SSSR count). The zero-order valence-corrected chi connectivity index (χ0v) is 12.6. The van der Waals surface area contributed by atoms with E-state index < -0.39 is 10.0 Å². The molecule has 23 heavy (non-hydrogen) atoms. The molecule has 0 spiro atoms. The molecule has 0 radical (unpaired) electrons. The predicted molar refractivity (Wildman–Crippen MR) is 85.1 cm³/mol. The number of H-pyrrole nitrogens is 1. The fraction of sp³-hybridized carbons (Fsp3) is 0. The molecule has 0 fully saturated rings. The highest BCUT2D eigenvalue weighted by Gasteiger charge is 2.08. The fourth-order valence-electron chi connectivity index (χ4n) is 2.04. The summed E-state index contributed by atoms with van der Waals surface area (Å²) in [5.41, 5.74) is 2.19. The lowest BCUT2D eigenvalue weighted by molar-refractivity contribution is 0.598. The molecular formula is C15H13FN4O2S. The molecule has 6 nitrogen and oxygen atoms in total. The Morgan fingerprint density at radius 2 is 1.70 bits per heavy atom. The largest absolute Gasteiger partial charge is 0.339 e. The zero-order valence-electron chi connectivity index (χ0n) is 11.8. The highest BCUT2D eigenvalue weighted by atomic mass is 32.2. The molecule has 0 aliphatic heterocycles. The number of primary sulfonamides is 1. The molecule has 1 aromatic heterocycles. The summed E-state index contributed by atoms with van der Waals surface area (Å²) in [4.78, 5) is 0.0390. The number of aromatic amines is 1. The summed E-state index contributed by atoms with van der Waals surface area (Å²) in [5, 5.41) is 15.0. The van der Waals surface area contributed by atoms with Gasteiger partial charge in [0.1, 0.15) is 5.82 Å². The molecule has 8 heteroatoms. The average Bonchev–Trinajstić information content (AvgIpc) is 2.96. The first kappa shape index (κ1) is 15.2. The van der Waals surface area contributed by atoms with E-state index in [2.05, 4.69) is 15.5 Å². The topological polar surface area (TPSA) is 101 Å². The third kappa shape index (κ3) is 3.55. The van der Waals surface area contributed by atoms with Crippen LogP contribution in [0.3, 0.4) is 0 Å². The molecule has 2 aromatic carbocycles. The maximum Gasteiger partial charge on any atom is 0.238 e. The highest BCUT2D eigenvalue weighted by molar-refractivity contribution is 7.89. The Balaban J connectivity index is 1.78. The smallest absolute Gasteiger partial charge is 0.238 e. The van der Waals surface area contributed by atoms with Crippen LogP contribution in [0.5, 0.6) is 0 Å². The quantitative estimate of drug-likeness (QED) is 0.683. The monoisotopic (exact) mass is 332 g/mol. The van der Waals surface area contributed by atoms with E-state index in [9.17, 15) is 12.8 Å². The van der Waals surface area contributed by atoms with Crippen molar-refractivity contribution in [3.8, 4) is 11.3 Å². The number of aromatic nitrogens is 2. The van der Waals surface area contributed by atoms with Crippen LogP contribution in [0.4, 0.5) is 15.9 Å². The Bertz CT molecular complexity index is 919. The SMILES string of the molecule is NS(=O)(=O)c1ccc(Nc2cc(-c3ccc(F)cc3)[nH]n2)cc1. The minimum absolute atomic E-state index is 0.0390. The van der Waals surface area contributed by atoms with Crippen molar-refractivity contribution in [1.29, 1.82) is 0 Å². The Morgan fingerprint density at radius 3 is 2.30 bits per heavy atom. The molecule has 0 saturated heterocycles. The fourth-order valence-corrected chi connectivity index (χ4v) is 2.55. The van der Waals surface area contributed by atoms with Gasteiger partial charge in [0, 0.05) is 11.8 Å². The summed E-state index contributed by atoms with van der Waals surface area (Å²) in [5.74, 6) is 0.245. The molecule has 3 aromatic rings. The Labute approximate surface area is 132 Å². The zero-order chi connectivity index (χ0) is 16.4. The summed E-state index contributed by atoms with van der Waals surface area (Å²) in [6.07, 6.45) is 0. The minimum Gasteiger partial charge on any atom is -0.339 e. The van der Waals surface area contributed by atoms with Crippen LogP contribution in [0, 0.1) is 5.82 Å². The number of nitrogens with one attached hydrogen (secondary N) is 2. The number of nitrogens with two attached hydrogens (primary N) is 1. The van der Waals surface area contributed by atoms with E-state index in [1.165, 1.54) is 24.3 Å². The van der Waals surface area contributed by atoms with Crippen molar-refractivity contribution in [2.75, 3.05) is 5.32 Å². The van der Waals surface area contributed by atoms with Gasteiger partial charge in [-0.1, -0.05) is 0 Å². The first-order chi connectivity index (χ1) is 10.9. The summed E-state index contributed by atoms with van der Waals surface area (Å²) in [7, 11) is -3.71. The van der Waals surface area contributed by atoms with Gasteiger partial charge < -0.3 is 5.32 Å². The molecule has 0 unspecified atom stereocenters. The summed E-state index contributed by atoms with van der Waals surface area (Å²) >= 11 is 0. The van der Waals surface area contributed by atoms with E-state index >= 15 is 0 Å². The van der Waals surface area contributed by atoms with Gasteiger partial charge >= 0.3 is 0 Å². The highest BCUT2D eigenvalue weighted by Crippen LogP contribution is 2.22. The second-order valence-electron chi connectivity index (χ2n) is 4.87. The van der Waals surface area contributed by atoms with Crippen LogP contribution < -0.4 is 10.5 Å². The number of anilines is 2. The van der Waals surface area contributed by atoms with Crippen LogP contribution in [0.1, 0.15) is 0 Å². The van der Waals surface area contributed by atoms with E-state index in [4.69, 9.17) is 5.14 Å². The van der Waals surface area contributed by atoms with E-state index in [0.29, 0.717) is 11.5 Å². The van der Waals surface area contributed by atoms with Gasteiger partial charge in [0.2, 0.25) is 10.0 Å². The Hall–Kier alpha value is -2.71. The van der Waals surface area contributed by atoms with Crippen molar-refractivity contribution in [2.24, 2.45) is 5.14 Å². The van der Waals surface area contributed by atoms with Crippen molar-refractivity contribution in [1.82, 2.24) is 10.2 Å². The molecule has 0 aliphatic carbocycles. The normalized spacial score (nSPS) is 11.4. The summed E-state index contributed by atoms with van der Waals surface area (Å²) in [6.45, 7) is 0. The maximum absolute atomic E-state index is 12.9. The van der Waals surface area contributed by atoms with Crippen LogP contribution in [0.25, 0.3) is 11.3 Å². The molecule has 1 heterocycles. The Morgan fingerprint density at radius 1 is 1.04 bits per heavy atom. The second kappa shape index (κ2) is 5.82. The summed E-state index contributed by atoms with van der Waals surface area (Å²) < 4.78 is 35.3. The lowest BCUT2D eigenvalue weighted by atomic mass is 10.1. The minimum atomic E-state index is -3.71. The molecule has 0 aliphatic rings. The molecule has 0 saturated carbocycles. The maximum atomic E-state index is 12.9. The molecular weight excluding hydrogens is 319 g/mol. The number of hydrogen-bond donors (Lipinski definition) is 3. The van der Waals surface area contributed by atoms with E-state index in [0.717, 1.165) is 11.3 Å². The summed E-state index contributed by atoms with van der Waals surface area (Å²) in [6, 6.07) is 13.8. The van der Waals surface area contributed by atoms with Crippen LogP contribution >= 0.6 is 0 Å². The second-order valence-corrected chi connectivity index (χ2v) is 6.43. The van der Waals surface area contributed by atoms with Crippen LogP contribution in [-0.2, 0) is 10.0 Å². The Kier molecular flexibility index (Phi) is 3.85. The van der Waals surface area contributed by atoms with E-state index in [-0.39, 0.29) is 10.7 Å².